The molecule has 2 atom stereocenters. The third-order valence-corrected chi connectivity index (χ3v) is 2.36. The molecule has 0 aromatic carbocycles. The Balaban J connectivity index is 1.90. The quantitative estimate of drug-likeness (QED) is 0.725. The van der Waals surface area contributed by atoms with Crippen molar-refractivity contribution in [3.8, 4) is 0 Å². The molecule has 1 fully saturated rings. The molecule has 5 nitrogen and oxygen atoms in total. The number of hydrogen-bond donors (Lipinski definition) is 2. The maximum Gasteiger partial charge on any atom is 0.242 e. The van der Waals surface area contributed by atoms with Crippen LogP contribution in [0.5, 0.6) is 0 Å². The first-order valence-electron chi connectivity index (χ1n) is 4.70. The van der Waals surface area contributed by atoms with Gasteiger partial charge in [-0.3, -0.25) is 4.79 Å². The molecule has 1 amide bonds. The van der Waals surface area contributed by atoms with Crippen LogP contribution in [-0.2, 0) is 4.79 Å². The van der Waals surface area contributed by atoms with E-state index in [2.05, 4.69) is 27.2 Å². The molecule has 76 valence electrons. The van der Waals surface area contributed by atoms with Gasteiger partial charge in [0.05, 0.1) is 6.04 Å². The van der Waals surface area contributed by atoms with Crippen LogP contribution in [0.15, 0.2) is 16.9 Å². The molecule has 1 aromatic heterocycles. The van der Waals surface area contributed by atoms with Gasteiger partial charge < -0.3 is 15.2 Å². The minimum Gasteiger partial charge on any atom is -0.363 e. The van der Waals surface area contributed by atoms with E-state index in [9.17, 15) is 4.79 Å². The van der Waals surface area contributed by atoms with E-state index >= 15 is 0 Å². The first kappa shape index (κ1) is 9.21. The highest BCUT2D eigenvalue weighted by atomic mass is 16.5. The zero-order valence-electron chi connectivity index (χ0n) is 7.99. The summed E-state index contributed by atoms with van der Waals surface area (Å²) in [5, 5.41) is 9.44. The van der Waals surface area contributed by atoms with Crippen LogP contribution in [0.1, 0.15) is 13.3 Å². The molecule has 1 aliphatic rings. The number of nitrogens with zero attached hydrogens (tertiary/aromatic N) is 1. The summed E-state index contributed by atoms with van der Waals surface area (Å²) in [6, 6.07) is 1.53. The van der Waals surface area contributed by atoms with Crippen molar-refractivity contribution >= 4 is 11.7 Å². The molecular weight excluding hydrogens is 182 g/mol. The van der Waals surface area contributed by atoms with Gasteiger partial charge in [0.15, 0.2) is 5.82 Å². The van der Waals surface area contributed by atoms with Gasteiger partial charge in [0.25, 0.3) is 0 Å². The van der Waals surface area contributed by atoms with E-state index in [4.69, 9.17) is 0 Å². The number of aromatic nitrogens is 1. The Labute approximate surface area is 81.8 Å². The maximum absolute atomic E-state index is 11.6. The smallest absolute Gasteiger partial charge is 0.242 e. The molecule has 5 heteroatoms. The molecule has 0 radical (unpaired) electrons. The van der Waals surface area contributed by atoms with Crippen molar-refractivity contribution < 1.29 is 9.32 Å². The zero-order valence-corrected chi connectivity index (χ0v) is 7.99. The molecule has 1 aromatic rings. The second-order valence-corrected chi connectivity index (χ2v) is 3.68. The number of carbonyl (C=O) groups excluding carboxylic acids is 1. The van der Waals surface area contributed by atoms with Crippen LogP contribution < -0.4 is 10.6 Å². The van der Waals surface area contributed by atoms with Crippen LogP contribution in [0.2, 0.25) is 0 Å². The lowest BCUT2D eigenvalue weighted by molar-refractivity contribution is -0.117. The van der Waals surface area contributed by atoms with E-state index < -0.39 is 0 Å². The predicted octanol–water partition coefficient (Wildman–Crippen LogP) is 0.611. The first-order valence-corrected chi connectivity index (χ1v) is 4.70. The number of carbonyl (C=O) groups is 1. The number of hydrogen-bond acceptors (Lipinski definition) is 4. The van der Waals surface area contributed by atoms with Crippen molar-refractivity contribution in [2.75, 3.05) is 11.9 Å². The molecule has 2 rings (SSSR count). The SMILES string of the molecule is CC1CN[C@H](C(=O)Nc2ccon2)C1. The minimum absolute atomic E-state index is 0.0387. The summed E-state index contributed by atoms with van der Waals surface area (Å²) >= 11 is 0. The monoisotopic (exact) mass is 195 g/mol. The molecule has 1 aliphatic heterocycles. The van der Waals surface area contributed by atoms with Crippen molar-refractivity contribution in [1.29, 1.82) is 0 Å². The van der Waals surface area contributed by atoms with Gasteiger partial charge in [-0.25, -0.2) is 0 Å². The fraction of sp³-hybridized carbons (Fsp3) is 0.556. The Morgan fingerprint density at radius 3 is 3.21 bits per heavy atom. The summed E-state index contributed by atoms with van der Waals surface area (Å²) in [6.45, 7) is 3.02. The second-order valence-electron chi connectivity index (χ2n) is 3.68. The third-order valence-electron chi connectivity index (χ3n) is 2.36. The van der Waals surface area contributed by atoms with E-state index in [0.29, 0.717) is 11.7 Å². The van der Waals surface area contributed by atoms with Crippen LogP contribution in [-0.4, -0.2) is 23.7 Å². The van der Waals surface area contributed by atoms with Gasteiger partial charge in [0.1, 0.15) is 6.26 Å². The first-order chi connectivity index (χ1) is 6.75. The van der Waals surface area contributed by atoms with Crippen LogP contribution in [0, 0.1) is 5.92 Å². The topological polar surface area (TPSA) is 67.2 Å². The third kappa shape index (κ3) is 1.93. The fourth-order valence-electron chi connectivity index (χ4n) is 1.60. The second kappa shape index (κ2) is 3.79. The molecular formula is C9H13N3O2. The highest BCUT2D eigenvalue weighted by molar-refractivity contribution is 5.94. The average molecular weight is 195 g/mol. The van der Waals surface area contributed by atoms with Crippen molar-refractivity contribution in [2.24, 2.45) is 5.92 Å². The lowest BCUT2D eigenvalue weighted by atomic mass is 10.1. The number of anilines is 1. The van der Waals surface area contributed by atoms with Gasteiger partial charge >= 0.3 is 0 Å². The molecule has 1 unspecified atom stereocenters. The van der Waals surface area contributed by atoms with Gasteiger partial charge in [-0.1, -0.05) is 12.1 Å². The fourth-order valence-corrected chi connectivity index (χ4v) is 1.60. The minimum atomic E-state index is -0.0956. The van der Waals surface area contributed by atoms with Crippen LogP contribution in [0.4, 0.5) is 5.82 Å². The average Bonchev–Trinajstić information content (AvgIpc) is 2.75. The van der Waals surface area contributed by atoms with Crippen LogP contribution >= 0.6 is 0 Å². The Bertz CT molecular complexity index is 310. The summed E-state index contributed by atoms with van der Waals surface area (Å²) < 4.78 is 4.61. The molecule has 0 bridgehead atoms. The van der Waals surface area contributed by atoms with Gasteiger partial charge in [0.2, 0.25) is 5.91 Å². The lowest BCUT2D eigenvalue weighted by Crippen LogP contribution is -2.35. The highest BCUT2D eigenvalue weighted by Crippen LogP contribution is 2.14. The standard InChI is InChI=1S/C9H13N3O2/c1-6-4-7(10-5-6)9(13)11-8-2-3-14-12-8/h2-3,6-7,10H,4-5H2,1H3,(H,11,12,13)/t6?,7-/m0/s1. The molecule has 2 N–H and O–H groups in total. The molecule has 14 heavy (non-hydrogen) atoms. The Morgan fingerprint density at radius 1 is 1.79 bits per heavy atom. The number of nitrogens with one attached hydrogen (secondary N) is 2. The van der Waals surface area contributed by atoms with Crippen LogP contribution in [0.3, 0.4) is 0 Å². The summed E-state index contributed by atoms with van der Waals surface area (Å²) in [5.74, 6) is 0.989. The van der Waals surface area contributed by atoms with Gasteiger partial charge in [-0.05, 0) is 18.9 Å². The molecule has 0 aliphatic carbocycles. The summed E-state index contributed by atoms with van der Waals surface area (Å²) in [7, 11) is 0. The van der Waals surface area contributed by atoms with Gasteiger partial charge in [-0.2, -0.15) is 0 Å². The number of amides is 1. The van der Waals surface area contributed by atoms with Gasteiger partial charge in [-0.15, -0.1) is 0 Å². The summed E-state index contributed by atoms with van der Waals surface area (Å²) in [6.07, 6.45) is 2.31. The van der Waals surface area contributed by atoms with E-state index in [1.165, 1.54) is 6.26 Å². The van der Waals surface area contributed by atoms with Crippen molar-refractivity contribution in [1.82, 2.24) is 10.5 Å². The van der Waals surface area contributed by atoms with Gasteiger partial charge in [0, 0.05) is 6.07 Å². The summed E-state index contributed by atoms with van der Waals surface area (Å²) in [4.78, 5) is 11.6. The Morgan fingerprint density at radius 2 is 2.64 bits per heavy atom. The maximum atomic E-state index is 11.6. The zero-order chi connectivity index (χ0) is 9.97. The largest absolute Gasteiger partial charge is 0.363 e. The molecule has 1 saturated heterocycles. The van der Waals surface area contributed by atoms with Crippen molar-refractivity contribution in [2.45, 2.75) is 19.4 Å². The molecule has 2 heterocycles. The van der Waals surface area contributed by atoms with Crippen LogP contribution in [0.25, 0.3) is 0 Å². The lowest BCUT2D eigenvalue weighted by Gasteiger charge is -2.08. The normalized spacial score (nSPS) is 26.4. The Kier molecular flexibility index (Phi) is 2.49. The van der Waals surface area contributed by atoms with E-state index in [1.807, 2.05) is 0 Å². The molecule has 0 saturated carbocycles. The van der Waals surface area contributed by atoms with E-state index in [0.717, 1.165) is 13.0 Å². The molecule has 0 spiro atoms. The van der Waals surface area contributed by atoms with E-state index in [-0.39, 0.29) is 11.9 Å². The summed E-state index contributed by atoms with van der Waals surface area (Å²) in [5.41, 5.74) is 0. The highest BCUT2D eigenvalue weighted by Gasteiger charge is 2.26. The van der Waals surface area contributed by atoms with Crippen molar-refractivity contribution in [3.63, 3.8) is 0 Å². The number of rotatable bonds is 2. The Hall–Kier alpha value is -1.36. The van der Waals surface area contributed by atoms with Crippen molar-refractivity contribution in [3.05, 3.63) is 12.3 Å². The van der Waals surface area contributed by atoms with E-state index in [1.54, 1.807) is 6.07 Å². The predicted molar refractivity (Wildman–Crippen MR) is 50.7 cm³/mol.